The van der Waals surface area contributed by atoms with Gasteiger partial charge in [0.25, 0.3) is 0 Å². The maximum absolute atomic E-state index is 3.51. The minimum absolute atomic E-state index is 0.764. The number of nitrogens with one attached hydrogen (secondary N) is 1. The normalized spacial score (nSPS) is 32.1. The fourth-order valence-corrected chi connectivity index (χ4v) is 4.21. The van der Waals surface area contributed by atoms with Crippen LogP contribution >= 0.6 is 0 Å². The molecular weight excluding hydrogens is 234 g/mol. The van der Waals surface area contributed by atoms with E-state index in [9.17, 15) is 0 Å². The van der Waals surface area contributed by atoms with E-state index in [-0.39, 0.29) is 0 Å². The summed E-state index contributed by atoms with van der Waals surface area (Å²) >= 11 is 0. The lowest BCUT2D eigenvalue weighted by atomic mass is 9.92. The van der Waals surface area contributed by atoms with Gasteiger partial charge in [0.1, 0.15) is 0 Å². The van der Waals surface area contributed by atoms with Crippen LogP contribution in [-0.4, -0.2) is 62.2 Å². The molecule has 2 heterocycles. The van der Waals surface area contributed by atoms with E-state index in [0.29, 0.717) is 0 Å². The van der Waals surface area contributed by atoms with Crippen molar-refractivity contribution in [2.75, 3.05) is 52.4 Å². The Morgan fingerprint density at radius 3 is 2.32 bits per heavy atom. The van der Waals surface area contributed by atoms with Crippen LogP contribution in [0.2, 0.25) is 0 Å². The average Bonchev–Trinajstić information content (AvgIpc) is 3.04. The fourth-order valence-electron chi connectivity index (χ4n) is 4.21. The van der Waals surface area contributed by atoms with Crippen LogP contribution in [0.4, 0.5) is 0 Å². The van der Waals surface area contributed by atoms with Crippen LogP contribution in [0.5, 0.6) is 0 Å². The van der Waals surface area contributed by atoms with Crippen molar-refractivity contribution in [3.63, 3.8) is 0 Å². The highest BCUT2D eigenvalue weighted by molar-refractivity contribution is 5.05. The third kappa shape index (κ3) is 3.32. The van der Waals surface area contributed by atoms with Crippen LogP contribution < -0.4 is 5.32 Å². The Morgan fingerprint density at radius 1 is 1.05 bits per heavy atom. The number of rotatable bonds is 4. The molecule has 0 aromatic heterocycles. The summed E-state index contributed by atoms with van der Waals surface area (Å²) in [5.41, 5.74) is 0.764. The molecular formula is C16H31N3. The van der Waals surface area contributed by atoms with Gasteiger partial charge in [0.15, 0.2) is 0 Å². The molecule has 3 fully saturated rings. The van der Waals surface area contributed by atoms with Crippen molar-refractivity contribution in [3.05, 3.63) is 0 Å². The molecule has 0 radical (unpaired) electrons. The van der Waals surface area contributed by atoms with Crippen molar-refractivity contribution >= 4 is 0 Å². The summed E-state index contributed by atoms with van der Waals surface area (Å²) in [4.78, 5) is 5.38. The van der Waals surface area contributed by atoms with Crippen LogP contribution in [0, 0.1) is 17.3 Å². The lowest BCUT2D eigenvalue weighted by molar-refractivity contribution is 0.113. The first kappa shape index (κ1) is 13.8. The van der Waals surface area contributed by atoms with Crippen LogP contribution in [0.15, 0.2) is 0 Å². The standard InChI is InChI=1S/C16H31N3/c1-14(2)12-18-7-9-19(10-8-18)13-15-11-16(15)3-5-17-6-4-16/h14-15,17H,3-13H2,1-2H3. The van der Waals surface area contributed by atoms with E-state index in [1.54, 1.807) is 0 Å². The minimum Gasteiger partial charge on any atom is -0.317 e. The topological polar surface area (TPSA) is 18.5 Å². The SMILES string of the molecule is CC(C)CN1CCN(CC2CC23CCNCC3)CC1. The number of piperazine rings is 1. The van der Waals surface area contributed by atoms with Gasteiger partial charge in [-0.1, -0.05) is 13.8 Å². The van der Waals surface area contributed by atoms with Gasteiger partial charge in [-0.25, -0.2) is 0 Å². The highest BCUT2D eigenvalue weighted by atomic mass is 15.3. The molecule has 1 spiro atoms. The Bertz CT molecular complexity index is 288. The molecule has 1 N–H and O–H groups in total. The molecule has 1 atom stereocenters. The molecule has 19 heavy (non-hydrogen) atoms. The van der Waals surface area contributed by atoms with Gasteiger partial charge >= 0.3 is 0 Å². The van der Waals surface area contributed by atoms with Crippen molar-refractivity contribution < 1.29 is 0 Å². The minimum atomic E-state index is 0.764. The quantitative estimate of drug-likeness (QED) is 0.834. The summed E-state index contributed by atoms with van der Waals surface area (Å²) < 4.78 is 0. The van der Waals surface area contributed by atoms with Gasteiger partial charge in [-0.2, -0.15) is 0 Å². The summed E-state index contributed by atoms with van der Waals surface area (Å²) in [7, 11) is 0. The van der Waals surface area contributed by atoms with E-state index in [1.807, 2.05) is 0 Å². The van der Waals surface area contributed by atoms with Gasteiger partial charge in [-0.3, -0.25) is 0 Å². The molecule has 3 nitrogen and oxygen atoms in total. The Kier molecular flexibility index (Phi) is 4.16. The molecule has 3 aliphatic rings. The van der Waals surface area contributed by atoms with Crippen molar-refractivity contribution in [1.82, 2.24) is 15.1 Å². The molecule has 3 rings (SSSR count). The maximum atomic E-state index is 3.51. The molecule has 0 amide bonds. The van der Waals surface area contributed by atoms with Gasteiger partial charge in [-0.05, 0) is 49.6 Å². The molecule has 3 heteroatoms. The zero-order chi connectivity index (χ0) is 13.3. The number of hydrogen-bond donors (Lipinski definition) is 1. The zero-order valence-corrected chi connectivity index (χ0v) is 12.8. The predicted molar refractivity (Wildman–Crippen MR) is 80.4 cm³/mol. The van der Waals surface area contributed by atoms with Crippen molar-refractivity contribution in [3.8, 4) is 0 Å². The largest absolute Gasteiger partial charge is 0.317 e. The molecule has 1 unspecified atom stereocenters. The number of piperidine rings is 1. The van der Waals surface area contributed by atoms with Crippen LogP contribution in [-0.2, 0) is 0 Å². The van der Waals surface area contributed by atoms with Gasteiger partial charge in [0.05, 0.1) is 0 Å². The van der Waals surface area contributed by atoms with Crippen LogP contribution in [0.1, 0.15) is 33.1 Å². The molecule has 1 aliphatic carbocycles. The highest BCUT2D eigenvalue weighted by Crippen LogP contribution is 2.58. The van der Waals surface area contributed by atoms with Gasteiger partial charge < -0.3 is 15.1 Å². The Balaban J connectivity index is 1.39. The van der Waals surface area contributed by atoms with E-state index >= 15 is 0 Å². The Labute approximate surface area is 118 Å². The Hall–Kier alpha value is -0.120. The third-order valence-electron chi connectivity index (χ3n) is 5.53. The summed E-state index contributed by atoms with van der Waals surface area (Å²) in [6.07, 6.45) is 4.39. The first-order chi connectivity index (χ1) is 9.18. The second-order valence-corrected chi connectivity index (χ2v) is 7.51. The summed E-state index contributed by atoms with van der Waals surface area (Å²) in [5, 5.41) is 3.51. The van der Waals surface area contributed by atoms with Crippen LogP contribution in [0.25, 0.3) is 0 Å². The van der Waals surface area contributed by atoms with Gasteiger partial charge in [0, 0.05) is 39.3 Å². The monoisotopic (exact) mass is 265 g/mol. The summed E-state index contributed by atoms with van der Waals surface area (Å²) in [6.45, 7) is 15.0. The molecule has 0 aromatic rings. The van der Waals surface area contributed by atoms with Crippen molar-refractivity contribution in [1.29, 1.82) is 0 Å². The fraction of sp³-hybridized carbons (Fsp3) is 1.00. The van der Waals surface area contributed by atoms with Crippen molar-refractivity contribution in [2.24, 2.45) is 17.3 Å². The smallest absolute Gasteiger partial charge is 0.0110 e. The molecule has 2 saturated heterocycles. The molecule has 0 bridgehead atoms. The van der Waals surface area contributed by atoms with E-state index in [2.05, 4.69) is 29.0 Å². The second kappa shape index (κ2) is 5.71. The molecule has 1 saturated carbocycles. The van der Waals surface area contributed by atoms with E-state index in [4.69, 9.17) is 0 Å². The average molecular weight is 265 g/mol. The van der Waals surface area contributed by atoms with E-state index < -0.39 is 0 Å². The number of hydrogen-bond acceptors (Lipinski definition) is 3. The first-order valence-corrected chi connectivity index (χ1v) is 8.33. The van der Waals surface area contributed by atoms with Gasteiger partial charge in [-0.15, -0.1) is 0 Å². The lowest BCUT2D eigenvalue weighted by Crippen LogP contribution is -2.48. The highest BCUT2D eigenvalue weighted by Gasteiger charge is 2.53. The van der Waals surface area contributed by atoms with E-state index in [0.717, 1.165) is 17.3 Å². The second-order valence-electron chi connectivity index (χ2n) is 7.51. The van der Waals surface area contributed by atoms with Crippen molar-refractivity contribution in [2.45, 2.75) is 33.1 Å². The molecule has 0 aromatic carbocycles. The predicted octanol–water partition coefficient (Wildman–Crippen LogP) is 1.65. The molecule has 110 valence electrons. The number of nitrogens with zero attached hydrogens (tertiary/aromatic N) is 2. The molecule has 2 aliphatic heterocycles. The van der Waals surface area contributed by atoms with Crippen LogP contribution in [0.3, 0.4) is 0 Å². The summed E-state index contributed by atoms with van der Waals surface area (Å²) in [6, 6.07) is 0. The van der Waals surface area contributed by atoms with Gasteiger partial charge in [0.2, 0.25) is 0 Å². The maximum Gasteiger partial charge on any atom is 0.0110 e. The lowest BCUT2D eigenvalue weighted by Gasteiger charge is -2.36. The first-order valence-electron chi connectivity index (χ1n) is 8.33. The zero-order valence-electron chi connectivity index (χ0n) is 12.8. The Morgan fingerprint density at radius 2 is 1.68 bits per heavy atom. The van der Waals surface area contributed by atoms with E-state index in [1.165, 1.54) is 71.6 Å². The third-order valence-corrected chi connectivity index (χ3v) is 5.53. The summed E-state index contributed by atoms with van der Waals surface area (Å²) in [5.74, 6) is 1.83.